The van der Waals surface area contributed by atoms with Crippen molar-refractivity contribution < 1.29 is 4.79 Å². The Kier molecular flexibility index (Phi) is 7.06. The van der Waals surface area contributed by atoms with Gasteiger partial charge in [-0.15, -0.1) is 5.10 Å². The van der Waals surface area contributed by atoms with Gasteiger partial charge in [-0.2, -0.15) is 0 Å². The van der Waals surface area contributed by atoms with Gasteiger partial charge in [0.25, 0.3) is 5.91 Å². The molecule has 6 nitrogen and oxygen atoms in total. The number of piperidine rings is 1. The van der Waals surface area contributed by atoms with Crippen LogP contribution in [-0.4, -0.2) is 40.5 Å². The molecule has 0 atom stereocenters. The van der Waals surface area contributed by atoms with Crippen molar-refractivity contribution in [3.8, 4) is 0 Å². The van der Waals surface area contributed by atoms with Gasteiger partial charge in [-0.05, 0) is 57.5 Å². The standard InChI is InChI=1S/C20H35N5O/c1-3-4-5-16-6-8-17(9-7-16)14-22-20(26)19-15(2)25(24-23-19)18-10-12-21-13-11-18/h16-18,21H,3-14H2,1-2H3,(H,22,26). The maximum absolute atomic E-state index is 12.6. The Labute approximate surface area is 157 Å². The topological polar surface area (TPSA) is 71.8 Å². The molecular formula is C20H35N5O. The van der Waals surface area contributed by atoms with Crippen LogP contribution in [0.1, 0.15) is 86.9 Å². The number of nitrogens with one attached hydrogen (secondary N) is 2. The van der Waals surface area contributed by atoms with Gasteiger partial charge in [0.05, 0.1) is 11.7 Å². The summed E-state index contributed by atoms with van der Waals surface area (Å²) in [5, 5.41) is 14.9. The van der Waals surface area contributed by atoms with Crippen LogP contribution >= 0.6 is 0 Å². The molecule has 1 saturated carbocycles. The van der Waals surface area contributed by atoms with E-state index in [-0.39, 0.29) is 5.91 Å². The van der Waals surface area contributed by atoms with E-state index in [4.69, 9.17) is 0 Å². The lowest BCUT2D eigenvalue weighted by Crippen LogP contribution is -2.32. The molecule has 3 rings (SSSR count). The van der Waals surface area contributed by atoms with Gasteiger partial charge in [-0.25, -0.2) is 4.68 Å². The zero-order valence-corrected chi connectivity index (χ0v) is 16.5. The van der Waals surface area contributed by atoms with Crippen LogP contribution in [-0.2, 0) is 0 Å². The monoisotopic (exact) mass is 361 g/mol. The van der Waals surface area contributed by atoms with Crippen LogP contribution in [0.2, 0.25) is 0 Å². The summed E-state index contributed by atoms with van der Waals surface area (Å²) in [5.41, 5.74) is 1.40. The number of hydrogen-bond acceptors (Lipinski definition) is 4. The minimum absolute atomic E-state index is 0.0595. The summed E-state index contributed by atoms with van der Waals surface area (Å²) in [7, 11) is 0. The van der Waals surface area contributed by atoms with Gasteiger partial charge < -0.3 is 10.6 Å². The van der Waals surface area contributed by atoms with E-state index >= 15 is 0 Å². The van der Waals surface area contributed by atoms with Crippen LogP contribution < -0.4 is 10.6 Å². The quantitative estimate of drug-likeness (QED) is 0.782. The fourth-order valence-electron chi connectivity index (χ4n) is 4.49. The third kappa shape index (κ3) is 4.84. The van der Waals surface area contributed by atoms with Gasteiger partial charge in [0.1, 0.15) is 0 Å². The first kappa shape index (κ1) is 19.3. The molecule has 6 heteroatoms. The van der Waals surface area contributed by atoms with Crippen LogP contribution in [0, 0.1) is 18.8 Å². The van der Waals surface area contributed by atoms with E-state index in [1.165, 1.54) is 44.9 Å². The van der Waals surface area contributed by atoms with Crippen LogP contribution in [0.4, 0.5) is 0 Å². The Morgan fingerprint density at radius 2 is 1.85 bits per heavy atom. The summed E-state index contributed by atoms with van der Waals surface area (Å²) < 4.78 is 1.95. The summed E-state index contributed by atoms with van der Waals surface area (Å²) in [6.45, 7) is 7.03. The maximum Gasteiger partial charge on any atom is 0.273 e. The number of amides is 1. The third-order valence-electron chi connectivity index (χ3n) is 6.28. The largest absolute Gasteiger partial charge is 0.350 e. The number of unbranched alkanes of at least 4 members (excludes halogenated alkanes) is 1. The fourth-order valence-corrected chi connectivity index (χ4v) is 4.49. The molecule has 2 aliphatic rings. The van der Waals surface area contributed by atoms with E-state index in [9.17, 15) is 4.79 Å². The fraction of sp³-hybridized carbons (Fsp3) is 0.850. The Morgan fingerprint density at radius 3 is 2.54 bits per heavy atom. The van der Waals surface area contributed by atoms with Crippen LogP contribution in [0.5, 0.6) is 0 Å². The number of hydrogen-bond donors (Lipinski definition) is 2. The van der Waals surface area contributed by atoms with Crippen LogP contribution in [0.15, 0.2) is 0 Å². The SMILES string of the molecule is CCCCC1CCC(CNC(=O)c2nnn(C3CCNCC3)c2C)CC1. The Morgan fingerprint density at radius 1 is 1.15 bits per heavy atom. The average Bonchev–Trinajstić information content (AvgIpc) is 3.07. The second-order valence-corrected chi connectivity index (χ2v) is 8.19. The van der Waals surface area contributed by atoms with Gasteiger partial charge in [-0.1, -0.05) is 44.2 Å². The molecule has 1 saturated heterocycles. The molecule has 1 aromatic rings. The smallest absolute Gasteiger partial charge is 0.273 e. The second-order valence-electron chi connectivity index (χ2n) is 8.19. The van der Waals surface area contributed by atoms with E-state index in [2.05, 4.69) is 27.9 Å². The van der Waals surface area contributed by atoms with Crippen molar-refractivity contribution in [1.29, 1.82) is 0 Å². The molecule has 1 aromatic heterocycles. The Balaban J connectivity index is 1.46. The molecule has 0 radical (unpaired) electrons. The van der Waals surface area contributed by atoms with Crippen molar-refractivity contribution >= 4 is 5.91 Å². The Bertz CT molecular complexity index is 571. The minimum atomic E-state index is -0.0595. The van der Waals surface area contributed by atoms with Crippen molar-refractivity contribution in [2.75, 3.05) is 19.6 Å². The third-order valence-corrected chi connectivity index (χ3v) is 6.28. The zero-order chi connectivity index (χ0) is 18.4. The van der Waals surface area contributed by atoms with Gasteiger partial charge in [-0.3, -0.25) is 4.79 Å². The summed E-state index contributed by atoms with van der Waals surface area (Å²) in [6, 6.07) is 0.365. The maximum atomic E-state index is 12.6. The van der Waals surface area contributed by atoms with Crippen molar-refractivity contribution in [3.63, 3.8) is 0 Å². The second kappa shape index (κ2) is 9.49. The summed E-state index contributed by atoms with van der Waals surface area (Å²) in [4.78, 5) is 12.6. The highest BCUT2D eigenvalue weighted by molar-refractivity contribution is 5.93. The molecule has 1 aliphatic heterocycles. The average molecular weight is 362 g/mol. The molecule has 2 heterocycles. The molecule has 0 spiro atoms. The molecular weight excluding hydrogens is 326 g/mol. The first-order valence-corrected chi connectivity index (χ1v) is 10.6. The van der Waals surface area contributed by atoms with Gasteiger partial charge >= 0.3 is 0 Å². The van der Waals surface area contributed by atoms with Gasteiger partial charge in [0.15, 0.2) is 5.69 Å². The molecule has 2 fully saturated rings. The van der Waals surface area contributed by atoms with E-state index < -0.39 is 0 Å². The van der Waals surface area contributed by atoms with Crippen molar-refractivity contribution in [2.24, 2.45) is 11.8 Å². The van der Waals surface area contributed by atoms with Gasteiger partial charge in [0, 0.05) is 6.54 Å². The van der Waals surface area contributed by atoms with Gasteiger partial charge in [0.2, 0.25) is 0 Å². The number of nitrogens with zero attached hydrogens (tertiary/aromatic N) is 3. The number of carbonyl (C=O) groups excluding carboxylic acids is 1. The molecule has 2 N–H and O–H groups in total. The highest BCUT2D eigenvalue weighted by Crippen LogP contribution is 2.31. The number of rotatable bonds is 7. The van der Waals surface area contributed by atoms with Crippen LogP contribution in [0.3, 0.4) is 0 Å². The van der Waals surface area contributed by atoms with Crippen molar-refractivity contribution in [3.05, 3.63) is 11.4 Å². The Hall–Kier alpha value is -1.43. The van der Waals surface area contributed by atoms with E-state index in [0.29, 0.717) is 17.7 Å². The molecule has 1 amide bonds. The normalized spacial score (nSPS) is 24.5. The lowest BCUT2D eigenvalue weighted by atomic mass is 9.80. The van der Waals surface area contributed by atoms with Crippen molar-refractivity contribution in [2.45, 2.75) is 77.7 Å². The van der Waals surface area contributed by atoms with E-state index in [1.807, 2.05) is 11.6 Å². The molecule has 0 unspecified atom stereocenters. The summed E-state index contributed by atoms with van der Waals surface area (Å²) >= 11 is 0. The minimum Gasteiger partial charge on any atom is -0.350 e. The molecule has 0 bridgehead atoms. The summed E-state index contributed by atoms with van der Waals surface area (Å²) in [5.74, 6) is 1.47. The van der Waals surface area contributed by atoms with Crippen molar-refractivity contribution in [1.82, 2.24) is 25.6 Å². The molecule has 146 valence electrons. The molecule has 0 aromatic carbocycles. The zero-order valence-electron chi connectivity index (χ0n) is 16.5. The first-order valence-electron chi connectivity index (χ1n) is 10.6. The highest BCUT2D eigenvalue weighted by Gasteiger charge is 2.25. The lowest BCUT2D eigenvalue weighted by molar-refractivity contribution is 0.0935. The van der Waals surface area contributed by atoms with E-state index in [0.717, 1.165) is 44.1 Å². The van der Waals surface area contributed by atoms with E-state index in [1.54, 1.807) is 0 Å². The predicted octanol–water partition coefficient (Wildman–Crippen LogP) is 3.24. The lowest BCUT2D eigenvalue weighted by Gasteiger charge is -2.28. The predicted molar refractivity (Wildman–Crippen MR) is 103 cm³/mol. The van der Waals surface area contributed by atoms with Crippen LogP contribution in [0.25, 0.3) is 0 Å². The highest BCUT2D eigenvalue weighted by atomic mass is 16.2. The number of carbonyl (C=O) groups is 1. The summed E-state index contributed by atoms with van der Waals surface area (Å²) in [6.07, 6.45) is 11.3. The number of aromatic nitrogens is 3. The molecule has 1 aliphatic carbocycles. The molecule has 26 heavy (non-hydrogen) atoms. The first-order chi connectivity index (χ1) is 12.7.